The summed E-state index contributed by atoms with van der Waals surface area (Å²) >= 11 is 0. The number of carbonyl (C=O) groups is 1. The highest BCUT2D eigenvalue weighted by Gasteiger charge is 2.69. The predicted octanol–water partition coefficient (Wildman–Crippen LogP) is 5.27. The first kappa shape index (κ1) is 27.3. The van der Waals surface area contributed by atoms with Crippen LogP contribution in [0.4, 0.5) is 0 Å². The van der Waals surface area contributed by atoms with Crippen molar-refractivity contribution in [2.75, 3.05) is 13.2 Å². The predicted molar refractivity (Wildman–Crippen MR) is 141 cm³/mol. The third-order valence-corrected chi connectivity index (χ3v) is 16.6. The lowest BCUT2D eigenvalue weighted by Crippen LogP contribution is -2.65. The Balaban J connectivity index is 1.57. The maximum Gasteiger partial charge on any atom is 0.192 e. The van der Waals surface area contributed by atoms with E-state index in [-0.39, 0.29) is 51.6 Å². The Bertz CT molecular complexity index is 883. The second kappa shape index (κ2) is 8.34. The average Bonchev–Trinajstić information content (AvgIpc) is 3.32. The second-order valence-electron chi connectivity index (χ2n) is 15.2. The van der Waals surface area contributed by atoms with Crippen molar-refractivity contribution in [2.24, 2.45) is 40.4 Å². The van der Waals surface area contributed by atoms with Crippen LogP contribution < -0.4 is 0 Å². The smallest absolute Gasteiger partial charge is 0.192 e. The molecule has 0 amide bonds. The van der Waals surface area contributed by atoms with Gasteiger partial charge in [0.1, 0.15) is 5.78 Å². The van der Waals surface area contributed by atoms with Crippen LogP contribution in [0.15, 0.2) is 0 Å². The number of hydrogen-bond acceptors (Lipinski definition) is 6. The van der Waals surface area contributed by atoms with Crippen molar-refractivity contribution in [3.63, 3.8) is 0 Å². The van der Waals surface area contributed by atoms with Crippen molar-refractivity contribution in [3.05, 3.63) is 0 Å². The Kier molecular flexibility index (Phi) is 6.32. The van der Waals surface area contributed by atoms with Gasteiger partial charge >= 0.3 is 0 Å². The zero-order valence-corrected chi connectivity index (χ0v) is 24.9. The number of aliphatic hydroxyl groups is 2. The summed E-state index contributed by atoms with van der Waals surface area (Å²) in [5, 5.41) is 21.7. The fourth-order valence-electron chi connectivity index (χ4n) is 9.27. The van der Waals surface area contributed by atoms with Crippen LogP contribution in [0.2, 0.25) is 18.1 Å². The molecule has 1 spiro atoms. The molecule has 0 aromatic carbocycles. The van der Waals surface area contributed by atoms with Crippen molar-refractivity contribution >= 4 is 14.1 Å². The average molecular weight is 523 g/mol. The van der Waals surface area contributed by atoms with Crippen LogP contribution >= 0.6 is 0 Å². The summed E-state index contributed by atoms with van der Waals surface area (Å²) in [7, 11) is -2.14. The largest absolute Gasteiger partial charge is 0.414 e. The maximum absolute atomic E-state index is 14.1. The molecule has 5 aliphatic rings. The number of hydrogen-bond donors (Lipinski definition) is 2. The number of ether oxygens (including phenoxy) is 2. The second-order valence-corrected chi connectivity index (χ2v) is 19.9. The summed E-state index contributed by atoms with van der Waals surface area (Å²) in [5.41, 5.74) is -0.355. The van der Waals surface area contributed by atoms with Gasteiger partial charge in [-0.2, -0.15) is 0 Å². The third-order valence-electron chi connectivity index (χ3n) is 12.1. The highest BCUT2D eigenvalue weighted by atomic mass is 28.4. The lowest BCUT2D eigenvalue weighted by Gasteiger charge is -2.64. The summed E-state index contributed by atoms with van der Waals surface area (Å²) in [6.45, 7) is 18.9. The van der Waals surface area contributed by atoms with E-state index in [1.807, 2.05) is 0 Å². The summed E-state index contributed by atoms with van der Waals surface area (Å²) < 4.78 is 19.5. The minimum atomic E-state index is -2.14. The lowest BCUT2D eigenvalue weighted by atomic mass is 9.43. The Morgan fingerprint density at radius 2 is 1.61 bits per heavy atom. The molecule has 4 saturated carbocycles. The molecule has 5 fully saturated rings. The highest BCUT2D eigenvalue weighted by molar-refractivity contribution is 6.74. The van der Waals surface area contributed by atoms with Gasteiger partial charge in [0.05, 0.1) is 13.2 Å². The molecule has 1 heterocycles. The van der Waals surface area contributed by atoms with Gasteiger partial charge in [-0.25, -0.2) is 0 Å². The number of Topliss-reactive ketones (excluding diaryl/α,β-unsaturated/α-hetero) is 1. The first-order valence-corrected chi connectivity index (χ1v) is 17.3. The van der Waals surface area contributed by atoms with Gasteiger partial charge in [-0.15, -0.1) is 0 Å². The molecule has 1 saturated heterocycles. The molecule has 0 bridgehead atoms. The number of ketones is 1. The van der Waals surface area contributed by atoms with Crippen LogP contribution in [0.5, 0.6) is 0 Å². The van der Waals surface area contributed by atoms with Gasteiger partial charge in [-0.1, -0.05) is 34.6 Å². The number of carbonyl (C=O) groups excluding carboxylic acids is 1. The van der Waals surface area contributed by atoms with Crippen LogP contribution in [0, 0.1) is 40.4 Å². The molecule has 36 heavy (non-hydrogen) atoms. The van der Waals surface area contributed by atoms with Gasteiger partial charge in [-0.3, -0.25) is 4.79 Å². The van der Waals surface area contributed by atoms with Gasteiger partial charge < -0.3 is 24.1 Å². The molecule has 0 aromatic heterocycles. The molecule has 5 unspecified atom stereocenters. The van der Waals surface area contributed by atoms with Crippen molar-refractivity contribution in [1.29, 1.82) is 0 Å². The van der Waals surface area contributed by atoms with Crippen LogP contribution in [0.25, 0.3) is 0 Å². The van der Waals surface area contributed by atoms with Crippen molar-refractivity contribution < 1.29 is 28.9 Å². The van der Waals surface area contributed by atoms with E-state index < -0.39 is 19.9 Å². The highest BCUT2D eigenvalue weighted by Crippen LogP contribution is 2.69. The van der Waals surface area contributed by atoms with E-state index in [1.54, 1.807) is 0 Å². The molecule has 5 rings (SSSR count). The summed E-state index contributed by atoms with van der Waals surface area (Å²) in [4.78, 5) is 14.1. The minimum absolute atomic E-state index is 0.0205. The van der Waals surface area contributed by atoms with E-state index in [4.69, 9.17) is 13.9 Å². The fraction of sp³-hybridized carbons (Fsp3) is 0.966. The number of rotatable bonds is 3. The quantitative estimate of drug-likeness (QED) is 0.388. The lowest BCUT2D eigenvalue weighted by molar-refractivity contribution is -0.249. The maximum atomic E-state index is 14.1. The van der Waals surface area contributed by atoms with Crippen molar-refractivity contribution in [2.45, 2.75) is 122 Å². The SMILES string of the molecule is CC(O)(O)C1CCC2C3C(=O)CC4CC5(CC[C@]4(C)C3[C@H](O[Si](C)(C)C(C)(C)C)C[C@@]21C)OCCO5. The summed E-state index contributed by atoms with van der Waals surface area (Å²) in [6, 6.07) is 0. The van der Waals surface area contributed by atoms with E-state index in [1.165, 1.54) is 6.92 Å². The van der Waals surface area contributed by atoms with E-state index in [0.29, 0.717) is 25.4 Å². The van der Waals surface area contributed by atoms with Gasteiger partial charge in [0.2, 0.25) is 0 Å². The molecule has 4 aliphatic carbocycles. The molecule has 6 nitrogen and oxygen atoms in total. The minimum Gasteiger partial charge on any atom is -0.414 e. The molecule has 7 heteroatoms. The monoisotopic (exact) mass is 522 g/mol. The van der Waals surface area contributed by atoms with Crippen LogP contribution in [-0.2, 0) is 18.7 Å². The summed E-state index contributed by atoms with van der Waals surface area (Å²) in [6.07, 6.45) is 5.59. The van der Waals surface area contributed by atoms with Crippen LogP contribution in [0.3, 0.4) is 0 Å². The zero-order valence-electron chi connectivity index (χ0n) is 23.9. The molecule has 1 aliphatic heterocycles. The van der Waals surface area contributed by atoms with Crippen molar-refractivity contribution in [3.8, 4) is 0 Å². The fourth-order valence-corrected chi connectivity index (χ4v) is 10.6. The van der Waals surface area contributed by atoms with E-state index in [9.17, 15) is 15.0 Å². The third kappa shape index (κ3) is 4.01. The van der Waals surface area contributed by atoms with E-state index >= 15 is 0 Å². The number of fused-ring (bicyclic) bond motifs is 5. The summed E-state index contributed by atoms with van der Waals surface area (Å²) in [5.74, 6) is -1.69. The molecular formula is C29H50O6Si. The van der Waals surface area contributed by atoms with Gasteiger partial charge in [-0.05, 0) is 79.3 Å². The Morgan fingerprint density at radius 3 is 2.19 bits per heavy atom. The molecule has 0 aromatic rings. The zero-order chi connectivity index (χ0) is 26.5. The molecule has 2 N–H and O–H groups in total. The molecule has 0 radical (unpaired) electrons. The Morgan fingerprint density at radius 1 is 0.972 bits per heavy atom. The molecule has 8 atom stereocenters. The Labute approximate surface area is 219 Å². The van der Waals surface area contributed by atoms with E-state index in [2.05, 4.69) is 47.7 Å². The molecule has 206 valence electrons. The van der Waals surface area contributed by atoms with Gasteiger partial charge in [0.25, 0.3) is 0 Å². The van der Waals surface area contributed by atoms with Gasteiger partial charge in [0.15, 0.2) is 19.9 Å². The Hall–Kier alpha value is -0.313. The standard InChI is InChI=1S/C29H50O6Si/c1-25(2,3)36(7,8)35-21-17-27(5)19(9-10-22(27)28(6,31)32)23-20(30)15-18-16-29(33-13-14-34-29)12-11-26(18,4)24(21)23/h18-19,21-24,31-32H,9-17H2,1-8H3/t18?,19?,21-,22?,23?,24?,26+,27+/m1/s1. The topological polar surface area (TPSA) is 85.2 Å². The van der Waals surface area contributed by atoms with Crippen LogP contribution in [-0.4, -0.2) is 55.2 Å². The first-order chi connectivity index (χ1) is 16.4. The van der Waals surface area contributed by atoms with Crippen LogP contribution in [0.1, 0.15) is 86.5 Å². The van der Waals surface area contributed by atoms with E-state index in [0.717, 1.165) is 38.5 Å². The van der Waals surface area contributed by atoms with Crippen molar-refractivity contribution in [1.82, 2.24) is 0 Å². The normalized spacial score (nSPS) is 44.9. The first-order valence-electron chi connectivity index (χ1n) is 14.4. The van der Waals surface area contributed by atoms with Gasteiger partial charge in [0, 0.05) is 37.2 Å². The molecular weight excluding hydrogens is 472 g/mol.